The van der Waals surface area contributed by atoms with Gasteiger partial charge < -0.3 is 9.99 Å². The number of esters is 1. The third-order valence-corrected chi connectivity index (χ3v) is 3.03. The van der Waals surface area contributed by atoms with Gasteiger partial charge in [0.15, 0.2) is 0 Å². The van der Waals surface area contributed by atoms with E-state index in [9.17, 15) is 49.6 Å². The fraction of sp³-hybridized carbons (Fsp3) is 0.889. The van der Waals surface area contributed by atoms with Crippen LogP contribution in [-0.2, 0) is 18.9 Å². The maximum Gasteiger partial charge on any atom is 1.00 e. The van der Waals surface area contributed by atoms with E-state index in [0.29, 0.717) is 0 Å². The van der Waals surface area contributed by atoms with Gasteiger partial charge in [-0.25, -0.2) is 0 Å². The first-order chi connectivity index (χ1) is 10.6. The Morgan fingerprint density at radius 3 is 1.92 bits per heavy atom. The molecule has 0 aliphatic rings. The molecule has 1 atom stereocenters. The van der Waals surface area contributed by atoms with Gasteiger partial charge in [0, 0.05) is 12.0 Å². The Kier molecular flexibility index (Phi) is 10.7. The molecule has 16 heteroatoms. The van der Waals surface area contributed by atoms with E-state index in [1.807, 2.05) is 0 Å². The van der Waals surface area contributed by atoms with Gasteiger partial charge in [0.1, 0.15) is 5.25 Å². The van der Waals surface area contributed by atoms with Crippen molar-refractivity contribution >= 4 is 18.0 Å². The van der Waals surface area contributed by atoms with Crippen molar-refractivity contribution in [3.05, 3.63) is 0 Å². The molecule has 0 N–H and O–H groups in total. The number of carbonyl (C=O) groups excluding carboxylic acids is 1. The molecular formula is C9H8F9NaO5S. The van der Waals surface area contributed by atoms with Crippen molar-refractivity contribution in [2.45, 2.75) is 42.5 Å². The van der Waals surface area contributed by atoms with Gasteiger partial charge in [-0.1, -0.05) is 0 Å². The zero-order chi connectivity index (χ0) is 19.4. The van der Waals surface area contributed by atoms with Crippen LogP contribution >= 0.6 is 12.0 Å². The molecular weight excluding hydrogens is 414 g/mol. The van der Waals surface area contributed by atoms with Crippen LogP contribution in [0.5, 0.6) is 0 Å². The standard InChI is InChI=1S/C9H9F9O5S.Na/c1-4(24-23-22-20)5(19)21-3-2-6(10,11)7(12,13)8(14,15)9(16,17)18;/h4,20H,2-3H2,1H3;/q;+1/p-1. The van der Waals surface area contributed by atoms with Crippen LogP contribution in [-0.4, -0.2) is 41.8 Å². The summed E-state index contributed by atoms with van der Waals surface area (Å²) in [6, 6.07) is 0. The molecule has 25 heavy (non-hydrogen) atoms. The molecule has 0 aliphatic heterocycles. The molecule has 0 rings (SSSR count). The topological polar surface area (TPSA) is 67.8 Å². The summed E-state index contributed by atoms with van der Waals surface area (Å²) < 4.78 is 120. The molecule has 5 nitrogen and oxygen atoms in total. The van der Waals surface area contributed by atoms with Crippen LogP contribution in [0.25, 0.3) is 0 Å². The Bertz CT molecular complexity index is 434. The maximum absolute atomic E-state index is 13.1. The van der Waals surface area contributed by atoms with E-state index in [4.69, 9.17) is 0 Å². The van der Waals surface area contributed by atoms with Crippen molar-refractivity contribution in [1.82, 2.24) is 0 Å². The van der Waals surface area contributed by atoms with Crippen LogP contribution in [0.1, 0.15) is 13.3 Å². The van der Waals surface area contributed by atoms with Gasteiger partial charge >= 0.3 is 59.5 Å². The monoisotopic (exact) mass is 422 g/mol. The summed E-state index contributed by atoms with van der Waals surface area (Å²) in [6.07, 6.45) is -9.23. The molecule has 0 aliphatic carbocycles. The summed E-state index contributed by atoms with van der Waals surface area (Å²) in [7, 11) is 0. The van der Waals surface area contributed by atoms with Crippen LogP contribution in [0, 0.1) is 0 Å². The number of carbonyl (C=O) groups is 1. The number of rotatable bonds is 9. The van der Waals surface area contributed by atoms with Crippen molar-refractivity contribution in [2.75, 3.05) is 6.61 Å². The van der Waals surface area contributed by atoms with Crippen molar-refractivity contribution in [3.63, 3.8) is 0 Å². The van der Waals surface area contributed by atoms with E-state index in [-0.39, 0.29) is 41.6 Å². The van der Waals surface area contributed by atoms with Gasteiger partial charge in [-0.2, -0.15) is 43.8 Å². The smallest absolute Gasteiger partial charge is 0.691 e. The summed E-state index contributed by atoms with van der Waals surface area (Å²) >= 11 is 0.0419. The molecule has 144 valence electrons. The Hall–Kier alpha value is 0.0700. The third kappa shape index (κ3) is 6.62. The van der Waals surface area contributed by atoms with Crippen molar-refractivity contribution in [1.29, 1.82) is 0 Å². The maximum atomic E-state index is 13.1. The molecule has 0 radical (unpaired) electrons. The first-order valence-corrected chi connectivity index (χ1v) is 6.41. The Balaban J connectivity index is 0. The Morgan fingerprint density at radius 2 is 1.52 bits per heavy atom. The fourth-order valence-corrected chi connectivity index (χ4v) is 1.37. The predicted molar refractivity (Wildman–Crippen MR) is 55.7 cm³/mol. The average Bonchev–Trinajstić information content (AvgIpc) is 2.42. The largest absolute Gasteiger partial charge is 1.00 e. The molecule has 0 bridgehead atoms. The minimum atomic E-state index is -7.00. The first kappa shape index (κ1) is 27.3. The minimum absolute atomic E-state index is 0. The minimum Gasteiger partial charge on any atom is -0.691 e. The molecule has 0 aromatic heterocycles. The van der Waals surface area contributed by atoms with Crippen molar-refractivity contribution in [2.24, 2.45) is 0 Å². The average molecular weight is 422 g/mol. The molecule has 0 saturated heterocycles. The van der Waals surface area contributed by atoms with Gasteiger partial charge in [0.2, 0.25) is 0 Å². The molecule has 0 heterocycles. The van der Waals surface area contributed by atoms with E-state index in [2.05, 4.69) is 14.1 Å². The number of hydrogen-bond acceptors (Lipinski definition) is 6. The number of halogens is 9. The summed E-state index contributed by atoms with van der Waals surface area (Å²) in [5, 5.41) is 10.9. The van der Waals surface area contributed by atoms with E-state index in [1.165, 1.54) is 0 Å². The van der Waals surface area contributed by atoms with E-state index < -0.39 is 48.2 Å². The van der Waals surface area contributed by atoms with Gasteiger partial charge in [0.05, 0.1) is 13.0 Å². The summed E-state index contributed by atoms with van der Waals surface area (Å²) in [5.74, 6) is -21.0. The number of hydrogen-bond donors (Lipinski definition) is 0. The SMILES string of the molecule is CC(SOO[O-])C(=O)OCCC(F)(F)C(F)(F)C(F)(F)C(F)(F)F.[Na+]. The second kappa shape index (κ2) is 9.85. The Morgan fingerprint density at radius 1 is 1.04 bits per heavy atom. The molecule has 0 aromatic rings. The second-order valence-corrected chi connectivity index (χ2v) is 5.18. The molecule has 0 fully saturated rings. The van der Waals surface area contributed by atoms with E-state index in [1.54, 1.807) is 0 Å². The van der Waals surface area contributed by atoms with Gasteiger partial charge in [-0.3, -0.25) is 9.83 Å². The predicted octanol–water partition coefficient (Wildman–Crippen LogP) is -0.348. The van der Waals surface area contributed by atoms with Crippen molar-refractivity contribution < 1.29 is 93.2 Å². The fourth-order valence-electron chi connectivity index (χ4n) is 1.08. The number of ether oxygens (including phenoxy) is 1. The molecule has 1 unspecified atom stereocenters. The first-order valence-electron chi connectivity index (χ1n) is 5.60. The third-order valence-electron chi connectivity index (χ3n) is 2.41. The van der Waals surface area contributed by atoms with Gasteiger partial charge in [-0.05, 0) is 6.92 Å². The van der Waals surface area contributed by atoms with Crippen LogP contribution in [0.4, 0.5) is 39.5 Å². The zero-order valence-corrected chi connectivity index (χ0v) is 15.2. The van der Waals surface area contributed by atoms with Crippen molar-refractivity contribution in [3.8, 4) is 0 Å². The van der Waals surface area contributed by atoms with Crippen LogP contribution in [0.15, 0.2) is 0 Å². The van der Waals surface area contributed by atoms with Crippen LogP contribution in [0.2, 0.25) is 0 Å². The summed E-state index contributed by atoms with van der Waals surface area (Å²) in [5.41, 5.74) is 0. The molecule has 0 aromatic carbocycles. The molecule has 0 spiro atoms. The zero-order valence-electron chi connectivity index (χ0n) is 12.3. The van der Waals surface area contributed by atoms with Gasteiger partial charge in [-0.15, -0.1) is 0 Å². The van der Waals surface area contributed by atoms with Crippen LogP contribution in [0.3, 0.4) is 0 Å². The number of alkyl halides is 9. The van der Waals surface area contributed by atoms with Crippen LogP contribution < -0.4 is 34.8 Å². The summed E-state index contributed by atoms with van der Waals surface area (Å²) in [4.78, 5) is 11.1. The van der Waals surface area contributed by atoms with Gasteiger partial charge in [0.25, 0.3) is 0 Å². The van der Waals surface area contributed by atoms with E-state index in [0.717, 1.165) is 6.92 Å². The normalized spacial score (nSPS) is 14.7. The molecule has 0 saturated carbocycles. The Labute approximate surface area is 160 Å². The van der Waals surface area contributed by atoms with E-state index >= 15 is 0 Å². The summed E-state index contributed by atoms with van der Waals surface area (Å²) in [6.45, 7) is -0.602. The second-order valence-electron chi connectivity index (χ2n) is 4.14. The quantitative estimate of drug-likeness (QED) is 0.127. The molecule has 0 amide bonds.